The number of aromatic nitrogens is 2. The maximum atomic E-state index is 10.8. The van der Waals surface area contributed by atoms with Gasteiger partial charge >= 0.3 is 6.09 Å². The van der Waals surface area contributed by atoms with Crippen molar-refractivity contribution in [3.63, 3.8) is 0 Å². The zero-order valence-corrected chi connectivity index (χ0v) is 8.34. The third-order valence-electron chi connectivity index (χ3n) is 1.77. The summed E-state index contributed by atoms with van der Waals surface area (Å²) in [5.74, 6) is 0. The molecule has 2 rings (SSSR count). The van der Waals surface area contributed by atoms with Crippen molar-refractivity contribution in [1.29, 1.82) is 0 Å². The number of nitrogens with zero attached hydrogens (tertiary/aromatic N) is 2. The van der Waals surface area contributed by atoms with E-state index >= 15 is 0 Å². The van der Waals surface area contributed by atoms with Crippen molar-refractivity contribution in [3.8, 4) is 0 Å². The Hall–Kier alpha value is -1.07. The molecule has 1 amide bonds. The van der Waals surface area contributed by atoms with Crippen LogP contribution >= 0.6 is 23.2 Å². The van der Waals surface area contributed by atoms with Crippen molar-refractivity contribution in [2.45, 2.75) is 6.10 Å². The zero-order valence-electron chi connectivity index (χ0n) is 6.83. The first kappa shape index (κ1) is 9.48. The summed E-state index contributed by atoms with van der Waals surface area (Å²) in [6.45, 7) is 0.362. The van der Waals surface area contributed by atoms with Crippen molar-refractivity contribution in [2.24, 2.45) is 0 Å². The third kappa shape index (κ3) is 1.73. The smallest absolute Gasteiger partial charge is 0.407 e. The normalized spacial score (nSPS) is 20.4. The molecule has 1 saturated heterocycles. The number of cyclic esters (lactones) is 1. The van der Waals surface area contributed by atoms with Crippen LogP contribution in [0.25, 0.3) is 0 Å². The van der Waals surface area contributed by atoms with Crippen LogP contribution in [0.2, 0.25) is 10.3 Å². The highest BCUT2D eigenvalue weighted by Crippen LogP contribution is 2.27. The number of amides is 1. The monoisotopic (exact) mass is 233 g/mol. The van der Waals surface area contributed by atoms with Crippen LogP contribution in [0.15, 0.2) is 6.07 Å². The van der Waals surface area contributed by atoms with Crippen molar-refractivity contribution in [3.05, 3.63) is 21.9 Å². The summed E-state index contributed by atoms with van der Waals surface area (Å²) < 4.78 is 4.92. The maximum absolute atomic E-state index is 10.8. The molecule has 1 atom stereocenters. The van der Waals surface area contributed by atoms with Gasteiger partial charge in [0.2, 0.25) is 0 Å². The van der Waals surface area contributed by atoms with Gasteiger partial charge in [0.1, 0.15) is 6.10 Å². The molecule has 1 aromatic rings. The van der Waals surface area contributed by atoms with Crippen molar-refractivity contribution < 1.29 is 9.53 Å². The average Bonchev–Trinajstić information content (AvgIpc) is 2.56. The fourth-order valence-corrected chi connectivity index (χ4v) is 1.52. The molecule has 0 aliphatic carbocycles. The van der Waals surface area contributed by atoms with Crippen LogP contribution < -0.4 is 5.32 Å². The molecule has 5 nitrogen and oxygen atoms in total. The number of nitrogens with one attached hydrogen (secondary N) is 1. The first-order valence-electron chi connectivity index (χ1n) is 3.80. The van der Waals surface area contributed by atoms with Crippen LogP contribution in [-0.2, 0) is 4.74 Å². The quantitative estimate of drug-likeness (QED) is 0.800. The number of hydrogen-bond acceptors (Lipinski definition) is 4. The molecule has 1 unspecified atom stereocenters. The molecule has 1 aliphatic heterocycles. The van der Waals surface area contributed by atoms with Crippen LogP contribution in [0.5, 0.6) is 0 Å². The first-order valence-corrected chi connectivity index (χ1v) is 4.55. The molecule has 14 heavy (non-hydrogen) atoms. The van der Waals surface area contributed by atoms with Crippen LogP contribution in [0.4, 0.5) is 4.79 Å². The second kappa shape index (κ2) is 3.59. The van der Waals surface area contributed by atoms with Crippen molar-refractivity contribution >= 4 is 29.3 Å². The van der Waals surface area contributed by atoms with E-state index in [0.29, 0.717) is 12.1 Å². The lowest BCUT2D eigenvalue weighted by atomic mass is 10.2. The fourth-order valence-electron chi connectivity index (χ4n) is 1.15. The van der Waals surface area contributed by atoms with Gasteiger partial charge in [0.05, 0.1) is 6.54 Å². The molecule has 1 aliphatic rings. The van der Waals surface area contributed by atoms with Gasteiger partial charge in [0.15, 0.2) is 10.3 Å². The number of alkyl carbamates (subject to hydrolysis) is 1. The van der Waals surface area contributed by atoms with E-state index in [9.17, 15) is 4.79 Å². The Labute approximate surface area is 89.4 Å². The van der Waals surface area contributed by atoms with E-state index in [2.05, 4.69) is 15.5 Å². The maximum Gasteiger partial charge on any atom is 0.407 e. The van der Waals surface area contributed by atoms with Gasteiger partial charge in [0, 0.05) is 5.56 Å². The molecule has 0 aromatic carbocycles. The van der Waals surface area contributed by atoms with Gasteiger partial charge in [-0.05, 0) is 6.07 Å². The second-order valence-corrected chi connectivity index (χ2v) is 3.43. The summed E-state index contributed by atoms with van der Waals surface area (Å²) >= 11 is 11.4. The van der Waals surface area contributed by atoms with E-state index in [1.807, 2.05) is 0 Å². The largest absolute Gasteiger partial charge is 0.439 e. The summed E-state index contributed by atoms with van der Waals surface area (Å²) in [6, 6.07) is 1.53. The standard InChI is InChI=1S/C7H5Cl2N3O2/c8-5-1-3(6(9)12-11-5)4-2-10-7(13)14-4/h1,4H,2H2,(H,10,13). The molecule has 0 saturated carbocycles. The lowest BCUT2D eigenvalue weighted by Crippen LogP contribution is -2.12. The number of carbonyl (C=O) groups is 1. The van der Waals surface area contributed by atoms with Crippen LogP contribution in [0, 0.1) is 0 Å². The van der Waals surface area contributed by atoms with Crippen molar-refractivity contribution in [1.82, 2.24) is 15.5 Å². The predicted molar refractivity (Wildman–Crippen MR) is 49.3 cm³/mol. The third-order valence-corrected chi connectivity index (χ3v) is 2.25. The molecule has 0 spiro atoms. The highest BCUT2D eigenvalue weighted by Gasteiger charge is 2.27. The van der Waals surface area contributed by atoms with E-state index in [1.165, 1.54) is 6.07 Å². The molecular formula is C7H5Cl2N3O2. The van der Waals surface area contributed by atoms with E-state index in [-0.39, 0.29) is 10.3 Å². The average molecular weight is 234 g/mol. The predicted octanol–water partition coefficient (Wildman–Crippen LogP) is 1.56. The lowest BCUT2D eigenvalue weighted by Gasteiger charge is -2.08. The Balaban J connectivity index is 2.31. The van der Waals surface area contributed by atoms with Crippen molar-refractivity contribution in [2.75, 3.05) is 6.54 Å². The van der Waals surface area contributed by atoms with Gasteiger partial charge < -0.3 is 10.1 Å². The summed E-state index contributed by atoms with van der Waals surface area (Å²) in [6.07, 6.45) is -0.915. The van der Waals surface area contributed by atoms with Gasteiger partial charge in [-0.15, -0.1) is 10.2 Å². The minimum absolute atomic E-state index is 0.191. The number of carbonyl (C=O) groups excluding carboxylic acids is 1. The fraction of sp³-hybridized carbons (Fsp3) is 0.286. The Kier molecular flexibility index (Phi) is 2.43. The SMILES string of the molecule is O=C1NCC(c2cc(Cl)nnc2Cl)O1. The summed E-state index contributed by atoms with van der Waals surface area (Å²) in [5.41, 5.74) is 0.560. The molecule has 2 heterocycles. The minimum atomic E-state index is -0.473. The molecule has 1 N–H and O–H groups in total. The van der Waals surface area contributed by atoms with Gasteiger partial charge in [-0.2, -0.15) is 0 Å². The highest BCUT2D eigenvalue weighted by molar-refractivity contribution is 6.31. The summed E-state index contributed by atoms with van der Waals surface area (Å²) in [5, 5.41) is 10.1. The Bertz CT molecular complexity index is 385. The van der Waals surface area contributed by atoms with Gasteiger partial charge in [-0.25, -0.2) is 4.79 Å². The number of halogens is 2. The van der Waals surface area contributed by atoms with E-state index < -0.39 is 12.2 Å². The highest BCUT2D eigenvalue weighted by atomic mass is 35.5. The van der Waals surface area contributed by atoms with E-state index in [1.54, 1.807) is 0 Å². The van der Waals surface area contributed by atoms with Crippen LogP contribution in [-0.4, -0.2) is 22.8 Å². The van der Waals surface area contributed by atoms with Gasteiger partial charge in [0.25, 0.3) is 0 Å². The first-order chi connectivity index (χ1) is 6.66. The lowest BCUT2D eigenvalue weighted by molar-refractivity contribution is 0.141. The molecule has 74 valence electrons. The summed E-state index contributed by atoms with van der Waals surface area (Å²) in [7, 11) is 0. The number of rotatable bonds is 1. The Morgan fingerprint density at radius 2 is 2.29 bits per heavy atom. The van der Waals surface area contributed by atoms with E-state index in [4.69, 9.17) is 27.9 Å². The second-order valence-electron chi connectivity index (χ2n) is 2.69. The van der Waals surface area contributed by atoms with Crippen LogP contribution in [0.1, 0.15) is 11.7 Å². The van der Waals surface area contributed by atoms with Gasteiger partial charge in [-0.3, -0.25) is 0 Å². The molecule has 1 aromatic heterocycles. The molecular weight excluding hydrogens is 229 g/mol. The Morgan fingerprint density at radius 3 is 2.93 bits per heavy atom. The molecule has 0 radical (unpaired) electrons. The molecule has 7 heteroatoms. The zero-order chi connectivity index (χ0) is 10.1. The van der Waals surface area contributed by atoms with Gasteiger partial charge in [-0.1, -0.05) is 23.2 Å². The topological polar surface area (TPSA) is 64.1 Å². The minimum Gasteiger partial charge on any atom is -0.439 e. The summed E-state index contributed by atoms with van der Waals surface area (Å²) in [4.78, 5) is 10.8. The molecule has 1 fully saturated rings. The van der Waals surface area contributed by atoms with Crippen LogP contribution in [0.3, 0.4) is 0 Å². The van der Waals surface area contributed by atoms with E-state index in [0.717, 1.165) is 0 Å². The number of ether oxygens (including phenoxy) is 1. The number of hydrogen-bond donors (Lipinski definition) is 1. The Morgan fingerprint density at radius 1 is 1.50 bits per heavy atom. The molecule has 0 bridgehead atoms.